The number of aromatic nitrogens is 1. The molecule has 0 spiro atoms. The Morgan fingerprint density at radius 2 is 1.52 bits per heavy atom. The van der Waals surface area contributed by atoms with Crippen LogP contribution in [0, 0.1) is 0 Å². The van der Waals surface area contributed by atoms with Gasteiger partial charge in [0.15, 0.2) is 0 Å². The van der Waals surface area contributed by atoms with Crippen molar-refractivity contribution < 1.29 is 4.79 Å². The maximum Gasteiger partial charge on any atom is 0.222 e. The van der Waals surface area contributed by atoms with Crippen molar-refractivity contribution in [1.29, 1.82) is 0 Å². The molecule has 0 bridgehead atoms. The number of halogens is 1. The minimum atomic E-state index is -0.129. The molecule has 6 heteroatoms. The van der Waals surface area contributed by atoms with Gasteiger partial charge in [0.25, 0.3) is 0 Å². The number of nitrogens with one attached hydrogen (secondary N) is 1. The number of hydrogen-bond donors (Lipinski definition) is 1. The molecule has 1 N–H and O–H groups in total. The lowest BCUT2D eigenvalue weighted by molar-refractivity contribution is -0.121. The van der Waals surface area contributed by atoms with E-state index in [1.54, 1.807) is 0 Å². The van der Waals surface area contributed by atoms with Gasteiger partial charge in [0.05, 0.1) is 6.04 Å². The van der Waals surface area contributed by atoms with Gasteiger partial charge in [-0.15, -0.1) is 0 Å². The molecule has 0 unspecified atom stereocenters. The Labute approximate surface area is 192 Å². The number of hydrogen-bond acceptors (Lipinski definition) is 4. The van der Waals surface area contributed by atoms with E-state index in [9.17, 15) is 4.79 Å². The molecule has 1 fully saturated rings. The Kier molecular flexibility index (Phi) is 7.33. The molecular formula is C25H27BrN4O. The van der Waals surface area contributed by atoms with Crippen LogP contribution >= 0.6 is 15.9 Å². The van der Waals surface area contributed by atoms with Crippen molar-refractivity contribution in [2.75, 3.05) is 37.6 Å². The van der Waals surface area contributed by atoms with E-state index in [2.05, 4.69) is 60.3 Å². The lowest BCUT2D eigenvalue weighted by Crippen LogP contribution is -2.47. The highest BCUT2D eigenvalue weighted by molar-refractivity contribution is 9.10. The number of piperazine rings is 1. The van der Waals surface area contributed by atoms with Gasteiger partial charge in [0.1, 0.15) is 5.82 Å². The van der Waals surface area contributed by atoms with Gasteiger partial charge in [0, 0.05) is 49.8 Å². The summed E-state index contributed by atoms with van der Waals surface area (Å²) in [5, 5.41) is 3.24. The third kappa shape index (κ3) is 5.93. The highest BCUT2D eigenvalue weighted by Gasteiger charge is 2.20. The van der Waals surface area contributed by atoms with E-state index >= 15 is 0 Å². The predicted molar refractivity (Wildman–Crippen MR) is 128 cm³/mol. The summed E-state index contributed by atoms with van der Waals surface area (Å²) in [7, 11) is 0. The molecule has 0 atom stereocenters. The maximum absolute atomic E-state index is 12.8. The van der Waals surface area contributed by atoms with Crippen LogP contribution < -0.4 is 10.2 Å². The maximum atomic E-state index is 12.8. The normalized spacial score (nSPS) is 14.6. The molecular weight excluding hydrogens is 452 g/mol. The Hall–Kier alpha value is -2.70. The number of anilines is 1. The number of amides is 1. The molecule has 1 saturated heterocycles. The molecule has 5 nitrogen and oxygen atoms in total. The number of carbonyl (C=O) groups excluding carboxylic acids is 1. The van der Waals surface area contributed by atoms with E-state index in [1.807, 2.05) is 54.7 Å². The predicted octanol–water partition coefficient (Wildman–Crippen LogP) is 4.26. The van der Waals surface area contributed by atoms with Crippen molar-refractivity contribution in [3.05, 3.63) is 94.6 Å². The second-order valence-corrected chi connectivity index (χ2v) is 8.65. The molecule has 2 heterocycles. The van der Waals surface area contributed by atoms with Crippen LogP contribution in [0.15, 0.2) is 83.5 Å². The first-order valence-electron chi connectivity index (χ1n) is 10.7. The van der Waals surface area contributed by atoms with Crippen molar-refractivity contribution >= 4 is 27.7 Å². The minimum Gasteiger partial charge on any atom is -0.354 e. The lowest BCUT2D eigenvalue weighted by atomic mass is 9.98. The molecule has 1 aliphatic heterocycles. The van der Waals surface area contributed by atoms with Crippen LogP contribution in [0.4, 0.5) is 5.82 Å². The van der Waals surface area contributed by atoms with Crippen LogP contribution in [-0.2, 0) is 4.79 Å². The van der Waals surface area contributed by atoms with Gasteiger partial charge in [-0.1, -0.05) is 60.7 Å². The Bertz CT molecular complexity index is 918. The number of carbonyl (C=O) groups is 1. The molecule has 3 aromatic rings. The average molecular weight is 479 g/mol. The SMILES string of the molecule is O=C(CCN1CCN(c2ccc(Br)cn2)CC1)NC(c1ccccc1)c1ccccc1. The molecule has 31 heavy (non-hydrogen) atoms. The van der Waals surface area contributed by atoms with Gasteiger partial charge in [0.2, 0.25) is 5.91 Å². The first-order valence-corrected chi connectivity index (χ1v) is 11.5. The molecule has 1 aromatic heterocycles. The van der Waals surface area contributed by atoms with Gasteiger partial charge in [-0.3, -0.25) is 9.69 Å². The van der Waals surface area contributed by atoms with E-state index < -0.39 is 0 Å². The molecule has 0 saturated carbocycles. The van der Waals surface area contributed by atoms with Crippen molar-refractivity contribution in [3.63, 3.8) is 0 Å². The van der Waals surface area contributed by atoms with Crippen molar-refractivity contribution in [2.45, 2.75) is 12.5 Å². The fraction of sp³-hybridized carbons (Fsp3) is 0.280. The van der Waals surface area contributed by atoms with Gasteiger partial charge < -0.3 is 10.2 Å². The van der Waals surface area contributed by atoms with E-state index in [1.165, 1.54) is 0 Å². The summed E-state index contributed by atoms with van der Waals surface area (Å²) in [5.41, 5.74) is 2.19. The van der Waals surface area contributed by atoms with Crippen LogP contribution in [-0.4, -0.2) is 48.5 Å². The van der Waals surface area contributed by atoms with E-state index in [-0.39, 0.29) is 11.9 Å². The van der Waals surface area contributed by atoms with Gasteiger partial charge in [-0.25, -0.2) is 4.98 Å². The number of nitrogens with zero attached hydrogens (tertiary/aromatic N) is 3. The van der Waals surface area contributed by atoms with E-state index in [0.717, 1.165) is 54.1 Å². The zero-order chi connectivity index (χ0) is 21.5. The van der Waals surface area contributed by atoms with Crippen LogP contribution in [0.1, 0.15) is 23.6 Å². The smallest absolute Gasteiger partial charge is 0.222 e. The summed E-state index contributed by atoms with van der Waals surface area (Å²) in [5.74, 6) is 1.09. The van der Waals surface area contributed by atoms with Crippen molar-refractivity contribution in [1.82, 2.24) is 15.2 Å². The van der Waals surface area contributed by atoms with Gasteiger partial charge in [-0.2, -0.15) is 0 Å². The molecule has 4 rings (SSSR count). The van der Waals surface area contributed by atoms with Gasteiger partial charge >= 0.3 is 0 Å². The summed E-state index contributed by atoms with van der Waals surface area (Å²) in [6.45, 7) is 4.49. The van der Waals surface area contributed by atoms with Crippen molar-refractivity contribution in [2.24, 2.45) is 0 Å². The molecule has 1 aliphatic rings. The molecule has 0 radical (unpaired) electrons. The molecule has 2 aromatic carbocycles. The van der Waals surface area contributed by atoms with Crippen LogP contribution in [0.2, 0.25) is 0 Å². The van der Waals surface area contributed by atoms with Crippen LogP contribution in [0.5, 0.6) is 0 Å². The Morgan fingerprint density at radius 1 is 0.903 bits per heavy atom. The molecule has 1 amide bonds. The summed E-state index contributed by atoms with van der Waals surface area (Å²) in [6, 6.07) is 24.2. The standard InChI is InChI=1S/C25H27BrN4O/c26-22-11-12-23(27-19-22)30-17-15-29(16-18-30)14-13-24(31)28-25(20-7-3-1-4-8-20)21-9-5-2-6-10-21/h1-12,19,25H,13-18H2,(H,28,31). The zero-order valence-corrected chi connectivity index (χ0v) is 19.0. The third-order valence-electron chi connectivity index (χ3n) is 5.63. The summed E-state index contributed by atoms with van der Waals surface area (Å²) >= 11 is 3.43. The molecule has 0 aliphatic carbocycles. The average Bonchev–Trinajstić information content (AvgIpc) is 2.83. The fourth-order valence-electron chi connectivity index (χ4n) is 3.90. The highest BCUT2D eigenvalue weighted by Crippen LogP contribution is 2.22. The Morgan fingerprint density at radius 3 is 2.06 bits per heavy atom. The molecule has 160 valence electrons. The largest absolute Gasteiger partial charge is 0.354 e. The van der Waals surface area contributed by atoms with Gasteiger partial charge in [-0.05, 0) is 39.2 Å². The number of benzene rings is 2. The van der Waals surface area contributed by atoms with E-state index in [0.29, 0.717) is 6.42 Å². The van der Waals surface area contributed by atoms with Crippen LogP contribution in [0.25, 0.3) is 0 Å². The van der Waals surface area contributed by atoms with Crippen molar-refractivity contribution in [3.8, 4) is 0 Å². The van der Waals surface area contributed by atoms with E-state index in [4.69, 9.17) is 0 Å². The fourth-order valence-corrected chi connectivity index (χ4v) is 4.13. The third-order valence-corrected chi connectivity index (χ3v) is 6.10. The Balaban J connectivity index is 1.30. The second kappa shape index (κ2) is 10.6. The zero-order valence-electron chi connectivity index (χ0n) is 17.5. The first-order chi connectivity index (χ1) is 15.2. The first kappa shape index (κ1) is 21.5. The quantitative estimate of drug-likeness (QED) is 0.550. The summed E-state index contributed by atoms with van der Waals surface area (Å²) in [4.78, 5) is 21.9. The minimum absolute atomic E-state index is 0.0784. The number of pyridine rings is 1. The summed E-state index contributed by atoms with van der Waals surface area (Å²) in [6.07, 6.45) is 2.33. The highest BCUT2D eigenvalue weighted by atomic mass is 79.9. The summed E-state index contributed by atoms with van der Waals surface area (Å²) < 4.78 is 0.991. The van der Waals surface area contributed by atoms with Crippen LogP contribution in [0.3, 0.4) is 0 Å². The number of rotatable bonds is 7. The monoisotopic (exact) mass is 478 g/mol. The lowest BCUT2D eigenvalue weighted by Gasteiger charge is -2.35. The topological polar surface area (TPSA) is 48.5 Å². The second-order valence-electron chi connectivity index (χ2n) is 7.74.